The third-order valence-corrected chi connectivity index (χ3v) is 2.26. The van der Waals surface area contributed by atoms with E-state index in [9.17, 15) is 9.59 Å². The molecule has 1 amide bonds. The Balaban J connectivity index is 3.77. The third-order valence-electron chi connectivity index (χ3n) is 2.26. The lowest BCUT2D eigenvalue weighted by Gasteiger charge is -2.24. The van der Waals surface area contributed by atoms with Crippen LogP contribution in [0.15, 0.2) is 0 Å². The van der Waals surface area contributed by atoms with Crippen molar-refractivity contribution in [2.24, 2.45) is 0 Å². The molecule has 2 N–H and O–H groups in total. The summed E-state index contributed by atoms with van der Waals surface area (Å²) >= 11 is 0. The first kappa shape index (κ1) is 14.9. The molecule has 0 fully saturated rings. The monoisotopic (exact) mass is 230 g/mol. The van der Waals surface area contributed by atoms with Gasteiger partial charge in [0.1, 0.15) is 0 Å². The fourth-order valence-corrected chi connectivity index (χ4v) is 1.28. The lowest BCUT2D eigenvalue weighted by atomic mass is 10.0. The number of ether oxygens (including phenoxy) is 1. The first-order chi connectivity index (χ1) is 7.44. The average Bonchev–Trinajstić information content (AvgIpc) is 2.23. The largest absolute Gasteiger partial charge is 0.469 e. The highest BCUT2D eigenvalue weighted by Gasteiger charge is 2.25. The molecule has 0 rings (SSSR count). The van der Waals surface area contributed by atoms with E-state index in [0.717, 1.165) is 6.54 Å². The van der Waals surface area contributed by atoms with Crippen LogP contribution in [0.2, 0.25) is 0 Å². The van der Waals surface area contributed by atoms with E-state index in [-0.39, 0.29) is 11.9 Å². The molecule has 0 bridgehead atoms. The van der Waals surface area contributed by atoms with Gasteiger partial charge in [-0.1, -0.05) is 6.92 Å². The van der Waals surface area contributed by atoms with Crippen molar-refractivity contribution in [1.29, 1.82) is 0 Å². The lowest BCUT2D eigenvalue weighted by Crippen LogP contribution is -2.52. The summed E-state index contributed by atoms with van der Waals surface area (Å²) in [5.74, 6) is -0.306. The third kappa shape index (κ3) is 5.70. The molecule has 0 aliphatic carbocycles. The Morgan fingerprint density at radius 2 is 1.94 bits per heavy atom. The van der Waals surface area contributed by atoms with Gasteiger partial charge in [-0.3, -0.25) is 9.59 Å². The summed E-state index contributed by atoms with van der Waals surface area (Å²) in [4.78, 5) is 22.5. The van der Waals surface area contributed by atoms with Crippen molar-refractivity contribution >= 4 is 11.9 Å². The van der Waals surface area contributed by atoms with Crippen LogP contribution in [-0.4, -0.2) is 37.6 Å². The molecule has 0 aromatic rings. The molecule has 0 saturated carbocycles. The second-order valence-corrected chi connectivity index (χ2v) is 4.09. The van der Waals surface area contributed by atoms with E-state index in [1.54, 1.807) is 0 Å². The van der Waals surface area contributed by atoms with Gasteiger partial charge in [0.15, 0.2) is 0 Å². The van der Waals surface area contributed by atoms with Crippen molar-refractivity contribution in [2.75, 3.05) is 20.2 Å². The first-order valence-electron chi connectivity index (χ1n) is 5.54. The number of likely N-dealkylation sites (N-methyl/N-ethyl adjacent to an activating group) is 1. The normalized spacial score (nSPS) is 11.0. The fraction of sp³-hybridized carbons (Fsp3) is 0.818. The van der Waals surface area contributed by atoms with Crippen molar-refractivity contribution < 1.29 is 14.3 Å². The number of esters is 1. The minimum atomic E-state index is -0.569. The molecule has 0 aliphatic heterocycles. The highest BCUT2D eigenvalue weighted by atomic mass is 16.5. The zero-order valence-electron chi connectivity index (χ0n) is 10.6. The van der Waals surface area contributed by atoms with Crippen LogP contribution in [0.1, 0.15) is 33.6 Å². The number of amides is 1. The van der Waals surface area contributed by atoms with E-state index in [2.05, 4.69) is 15.4 Å². The number of hydrogen-bond acceptors (Lipinski definition) is 4. The Hall–Kier alpha value is -1.10. The van der Waals surface area contributed by atoms with Crippen molar-refractivity contribution in [1.82, 2.24) is 10.6 Å². The van der Waals surface area contributed by atoms with Gasteiger partial charge in [-0.25, -0.2) is 0 Å². The standard InChI is InChI=1S/C11H22N2O3/c1-5-13-11(2,3)10(15)12-8-6-7-9(14)16-4/h13H,5-8H2,1-4H3,(H,12,15). The van der Waals surface area contributed by atoms with Gasteiger partial charge in [-0.2, -0.15) is 0 Å². The molecule has 0 aliphatic rings. The molecule has 0 unspecified atom stereocenters. The summed E-state index contributed by atoms with van der Waals surface area (Å²) in [7, 11) is 1.36. The molecule has 16 heavy (non-hydrogen) atoms. The van der Waals surface area contributed by atoms with Crippen LogP contribution >= 0.6 is 0 Å². The van der Waals surface area contributed by atoms with Gasteiger partial charge in [0.05, 0.1) is 12.6 Å². The molecule has 5 nitrogen and oxygen atoms in total. The number of carbonyl (C=O) groups is 2. The molecule has 0 heterocycles. The van der Waals surface area contributed by atoms with Crippen LogP contribution in [0.4, 0.5) is 0 Å². The van der Waals surface area contributed by atoms with Crippen molar-refractivity contribution in [3.63, 3.8) is 0 Å². The minimum Gasteiger partial charge on any atom is -0.469 e. The van der Waals surface area contributed by atoms with Crippen molar-refractivity contribution in [3.8, 4) is 0 Å². The van der Waals surface area contributed by atoms with Gasteiger partial charge in [-0.05, 0) is 26.8 Å². The lowest BCUT2D eigenvalue weighted by molar-refractivity contribution is -0.140. The Morgan fingerprint density at radius 3 is 2.44 bits per heavy atom. The van der Waals surface area contributed by atoms with Gasteiger partial charge in [-0.15, -0.1) is 0 Å². The quantitative estimate of drug-likeness (QED) is 0.492. The van der Waals surface area contributed by atoms with Gasteiger partial charge in [0.2, 0.25) is 5.91 Å². The molecular formula is C11H22N2O3. The van der Waals surface area contributed by atoms with Crippen molar-refractivity contribution in [2.45, 2.75) is 39.2 Å². The second kappa shape index (κ2) is 7.22. The van der Waals surface area contributed by atoms with Gasteiger partial charge >= 0.3 is 5.97 Å². The number of methoxy groups -OCH3 is 1. The summed E-state index contributed by atoms with van der Waals surface area (Å²) in [5.41, 5.74) is -0.569. The average molecular weight is 230 g/mol. The Kier molecular flexibility index (Phi) is 6.72. The predicted octanol–water partition coefficient (Wildman–Crippen LogP) is 0.444. The van der Waals surface area contributed by atoms with Crippen LogP contribution in [0.3, 0.4) is 0 Å². The summed E-state index contributed by atoms with van der Waals surface area (Å²) in [6, 6.07) is 0. The van der Waals surface area contributed by atoms with E-state index in [0.29, 0.717) is 19.4 Å². The van der Waals surface area contributed by atoms with E-state index < -0.39 is 5.54 Å². The van der Waals surface area contributed by atoms with Crippen LogP contribution in [0, 0.1) is 0 Å². The van der Waals surface area contributed by atoms with Gasteiger partial charge in [0, 0.05) is 13.0 Å². The molecular weight excluding hydrogens is 208 g/mol. The smallest absolute Gasteiger partial charge is 0.305 e. The maximum atomic E-state index is 11.7. The summed E-state index contributed by atoms with van der Waals surface area (Å²) < 4.78 is 4.50. The maximum Gasteiger partial charge on any atom is 0.305 e. The van der Waals surface area contributed by atoms with E-state index in [1.165, 1.54) is 7.11 Å². The molecule has 0 radical (unpaired) electrons. The first-order valence-corrected chi connectivity index (χ1v) is 5.54. The van der Waals surface area contributed by atoms with Gasteiger partial charge < -0.3 is 15.4 Å². The van der Waals surface area contributed by atoms with Crippen molar-refractivity contribution in [3.05, 3.63) is 0 Å². The molecule has 0 spiro atoms. The van der Waals surface area contributed by atoms with Gasteiger partial charge in [0.25, 0.3) is 0 Å². The Bertz CT molecular complexity index is 239. The van der Waals surface area contributed by atoms with Crippen LogP contribution in [-0.2, 0) is 14.3 Å². The summed E-state index contributed by atoms with van der Waals surface area (Å²) in [5, 5.41) is 5.86. The molecule has 94 valence electrons. The predicted molar refractivity (Wildman–Crippen MR) is 62.0 cm³/mol. The van der Waals surface area contributed by atoms with E-state index in [4.69, 9.17) is 0 Å². The summed E-state index contributed by atoms with van der Waals surface area (Å²) in [6.45, 7) is 6.83. The topological polar surface area (TPSA) is 67.4 Å². The zero-order chi connectivity index (χ0) is 12.6. The van der Waals surface area contributed by atoms with Crippen LogP contribution < -0.4 is 10.6 Å². The maximum absolute atomic E-state index is 11.7. The molecule has 0 aromatic heterocycles. The summed E-state index contributed by atoms with van der Waals surface area (Å²) in [6.07, 6.45) is 0.930. The number of nitrogens with one attached hydrogen (secondary N) is 2. The molecule has 5 heteroatoms. The number of rotatable bonds is 7. The van der Waals surface area contributed by atoms with E-state index in [1.807, 2.05) is 20.8 Å². The fourth-order valence-electron chi connectivity index (χ4n) is 1.28. The second-order valence-electron chi connectivity index (χ2n) is 4.09. The minimum absolute atomic E-state index is 0.0563. The molecule has 0 atom stereocenters. The molecule has 0 saturated heterocycles. The highest BCUT2D eigenvalue weighted by Crippen LogP contribution is 2.01. The Morgan fingerprint density at radius 1 is 1.31 bits per heavy atom. The number of carbonyl (C=O) groups excluding carboxylic acids is 2. The zero-order valence-corrected chi connectivity index (χ0v) is 10.6. The highest BCUT2D eigenvalue weighted by molar-refractivity contribution is 5.85. The SMILES string of the molecule is CCNC(C)(C)C(=O)NCCCC(=O)OC. The van der Waals surface area contributed by atoms with Crippen LogP contribution in [0.25, 0.3) is 0 Å². The van der Waals surface area contributed by atoms with E-state index >= 15 is 0 Å². The molecule has 0 aromatic carbocycles. The van der Waals surface area contributed by atoms with Crippen LogP contribution in [0.5, 0.6) is 0 Å². The Labute approximate surface area is 96.9 Å². The number of hydrogen-bond donors (Lipinski definition) is 2.